The van der Waals surface area contributed by atoms with Gasteiger partial charge in [-0.05, 0) is 16.7 Å². The molecule has 0 saturated heterocycles. The van der Waals surface area contributed by atoms with E-state index in [2.05, 4.69) is 47.9 Å². The fourth-order valence-electron chi connectivity index (χ4n) is 5.43. The number of carboxylic acid groups (broad SMARTS) is 3. The molecule has 3 rings (SSSR count). The summed E-state index contributed by atoms with van der Waals surface area (Å²) in [5.74, 6) is -8.36. The van der Waals surface area contributed by atoms with Gasteiger partial charge in [0.25, 0.3) is 0 Å². The summed E-state index contributed by atoms with van der Waals surface area (Å²) in [6.07, 6.45) is 0. The summed E-state index contributed by atoms with van der Waals surface area (Å²) >= 11 is 5.56. The van der Waals surface area contributed by atoms with Gasteiger partial charge in [-0.15, -0.1) is 0 Å². The van der Waals surface area contributed by atoms with E-state index in [9.17, 15) is 57.5 Å². The summed E-state index contributed by atoms with van der Waals surface area (Å²) in [5.41, 5.74) is 2.66. The predicted octanol–water partition coefficient (Wildman–Crippen LogP) is 0.228. The molecule has 3 atom stereocenters. The molecule has 12 N–H and O–H groups in total. The number of amides is 9. The molecule has 3 unspecified atom stereocenters. The molecule has 0 spiro atoms. The second-order valence-corrected chi connectivity index (χ2v) is 17.7. The minimum atomic E-state index is -1.21. The van der Waals surface area contributed by atoms with Crippen LogP contribution >= 0.6 is 67.8 Å². The zero-order chi connectivity index (χ0) is 58.1. The van der Waals surface area contributed by atoms with Crippen molar-refractivity contribution in [2.75, 3.05) is 72.4 Å². The Morgan fingerprint density at radius 3 is 0.765 bits per heavy atom. The highest BCUT2D eigenvalue weighted by atomic mass is 127. The van der Waals surface area contributed by atoms with Gasteiger partial charge in [0.1, 0.15) is 37.8 Å². The van der Waals surface area contributed by atoms with Crippen LogP contribution in [0.2, 0.25) is 0 Å². The van der Waals surface area contributed by atoms with Gasteiger partial charge in [0.05, 0.1) is 72.6 Å². The van der Waals surface area contributed by atoms with Gasteiger partial charge in [-0.1, -0.05) is 181 Å². The molecule has 27 nitrogen and oxygen atoms in total. The molecule has 30 heteroatoms. The van der Waals surface area contributed by atoms with Crippen molar-refractivity contribution >= 4 is 139 Å². The molecule has 3 aromatic rings. The van der Waals surface area contributed by atoms with E-state index in [-0.39, 0.29) is 113 Å². The number of alkyl halides is 3. The topological polar surface area (TPSA) is 401 Å². The lowest BCUT2D eigenvalue weighted by Crippen LogP contribution is -2.52. The number of hydrogen-bond donors (Lipinski definition) is 12. The van der Waals surface area contributed by atoms with Crippen LogP contribution in [-0.4, -0.2) is 177 Å². The summed E-state index contributed by atoms with van der Waals surface area (Å²) in [7, 11) is 0. The monoisotopic (exact) mass is 1480 g/mol. The first-order chi connectivity index (χ1) is 37.3. The van der Waals surface area contributed by atoms with Crippen molar-refractivity contribution in [2.24, 2.45) is 0 Å². The number of hydrogen-bond acceptors (Lipinski definition) is 15. The molecule has 3 aromatic carbocycles. The Morgan fingerprint density at radius 1 is 0.346 bits per heavy atom. The number of carbonyl (C=O) groups excluding carboxylic acids is 9. The molecule has 0 aliphatic carbocycles. The van der Waals surface area contributed by atoms with Crippen LogP contribution in [0.4, 0.5) is 0 Å². The zero-order valence-corrected chi connectivity index (χ0v) is 48.1. The fraction of sp³-hybridized carbons (Fsp3) is 0.412. The van der Waals surface area contributed by atoms with Gasteiger partial charge in [-0.3, -0.25) is 57.5 Å². The van der Waals surface area contributed by atoms with E-state index in [4.69, 9.17) is 29.5 Å². The van der Waals surface area contributed by atoms with E-state index in [1.165, 1.54) is 0 Å². The average molecular weight is 1480 g/mol. The maximum atomic E-state index is 12.1. The first-order valence-corrected chi connectivity index (χ1v) is 27.5. The Hall–Kier alpha value is -6.63. The molecule has 0 fully saturated rings. The van der Waals surface area contributed by atoms with Crippen LogP contribution in [0.15, 0.2) is 91.0 Å². The smallest absolute Gasteiger partial charge is 0.322 e. The number of rotatable bonds is 33. The first kappa shape index (κ1) is 78.6. The molecule has 450 valence electrons. The fourth-order valence-corrected chi connectivity index (χ4v) is 6.24. The zero-order valence-electron chi connectivity index (χ0n) is 41.6. The van der Waals surface area contributed by atoms with Crippen LogP contribution < -0.4 is 47.9 Å². The van der Waals surface area contributed by atoms with Gasteiger partial charge in [0.15, 0.2) is 0 Å². The van der Waals surface area contributed by atoms with Gasteiger partial charge in [-0.25, -0.2) is 0 Å². The number of halogens is 3. The summed E-state index contributed by atoms with van der Waals surface area (Å²) in [6, 6.07) is 24.4. The molecule has 0 bridgehead atoms. The molecule has 0 saturated carbocycles. The number of nitrogens with one attached hydrogen (secondary N) is 9. The highest BCUT2D eigenvalue weighted by Gasteiger charge is 2.24. The molecule has 0 aliphatic rings. The normalized spacial score (nSPS) is 10.9. The van der Waals surface area contributed by atoms with Crippen LogP contribution in [-0.2, 0) is 91.6 Å². The Labute approximate surface area is 510 Å². The van der Waals surface area contributed by atoms with E-state index in [1.807, 2.05) is 159 Å². The lowest BCUT2D eigenvalue weighted by molar-refractivity contribution is -0.139. The molecule has 0 radical (unpaired) electrons. The van der Waals surface area contributed by atoms with Crippen molar-refractivity contribution < 1.29 is 87.1 Å². The Balaban J connectivity index is -0.00000111. The number of ether oxygens (including phenoxy) is 3. The molecular formula is C51H72I3N9O18. The third-order valence-electron chi connectivity index (χ3n) is 9.09. The maximum Gasteiger partial charge on any atom is 0.322 e. The number of benzene rings is 3. The largest absolute Gasteiger partial charge is 0.480 e. The van der Waals surface area contributed by atoms with Crippen LogP contribution in [0.5, 0.6) is 0 Å². The summed E-state index contributed by atoms with van der Waals surface area (Å²) in [4.78, 5) is 137. The summed E-state index contributed by atoms with van der Waals surface area (Å²) in [6.45, 7) is -2.35. The molecular weight excluding hydrogens is 1410 g/mol. The highest BCUT2D eigenvalue weighted by Crippen LogP contribution is 2.04. The van der Waals surface area contributed by atoms with Gasteiger partial charge < -0.3 is 77.4 Å². The third kappa shape index (κ3) is 41.1. The number of carboxylic acids is 3. The van der Waals surface area contributed by atoms with Crippen molar-refractivity contribution in [3.8, 4) is 0 Å². The van der Waals surface area contributed by atoms with Crippen LogP contribution in [0.1, 0.15) is 39.0 Å². The Kier molecular flexibility index (Phi) is 46.7. The van der Waals surface area contributed by atoms with E-state index >= 15 is 0 Å². The van der Waals surface area contributed by atoms with Crippen molar-refractivity contribution in [2.45, 2.75) is 60.2 Å². The molecule has 0 heterocycles. The molecule has 0 aliphatic heterocycles. The van der Waals surface area contributed by atoms with Crippen LogP contribution in [0.3, 0.4) is 0 Å². The Morgan fingerprint density at radius 2 is 0.568 bits per heavy atom. The van der Waals surface area contributed by atoms with Crippen molar-refractivity contribution in [1.29, 1.82) is 0 Å². The van der Waals surface area contributed by atoms with Crippen molar-refractivity contribution in [3.63, 3.8) is 0 Å². The molecule has 0 aromatic heterocycles. The third-order valence-corrected chi connectivity index (χ3v) is 11.2. The lowest BCUT2D eigenvalue weighted by Gasteiger charge is -2.18. The lowest BCUT2D eigenvalue weighted by atomic mass is 10.2. The predicted molar refractivity (Wildman–Crippen MR) is 322 cm³/mol. The van der Waals surface area contributed by atoms with Crippen LogP contribution in [0.25, 0.3) is 0 Å². The van der Waals surface area contributed by atoms with Crippen LogP contribution in [0, 0.1) is 0 Å². The second kappa shape index (κ2) is 48.1. The number of carbonyl (C=O) groups is 12. The quantitative estimate of drug-likeness (QED) is 0.0287. The SMILES string of the molecule is C.C.C.O=C(O)CNC(=O)C(COCc1ccccc1)NC(=O)CNC(=O)CI.O=C(O)CNC(=O)C(COCc1ccccc1)NC(=O)CNC(=O)CI.O=C(O)CNC(=O)C(COCc1ccccc1)NC(=O)CNC(=O)CI. The average Bonchev–Trinajstić information content (AvgIpc) is 3.43. The van der Waals surface area contributed by atoms with Crippen molar-refractivity contribution in [1.82, 2.24) is 47.9 Å². The van der Waals surface area contributed by atoms with Gasteiger partial charge in [0.2, 0.25) is 53.2 Å². The minimum absolute atomic E-state index is 0. The summed E-state index contributed by atoms with van der Waals surface area (Å²) < 4.78 is 16.9. The number of aliphatic carboxylic acids is 3. The highest BCUT2D eigenvalue weighted by molar-refractivity contribution is 14.1. The maximum absolute atomic E-state index is 12.1. The van der Waals surface area contributed by atoms with Crippen molar-refractivity contribution in [3.05, 3.63) is 108 Å². The van der Waals surface area contributed by atoms with Gasteiger partial charge in [0, 0.05) is 0 Å². The standard InChI is InChI=1S/3C16H20IN3O6.3CH4/c3*17-6-13(21)18-7-14(22)20-12(16(25)19-8-15(23)24)10-26-9-11-4-2-1-3-5-11;;;/h3*1-5,12H,6-10H2,(H,18,21)(H,19,25)(H,20,22)(H,23,24);3*1H4. The minimum Gasteiger partial charge on any atom is -0.480 e. The molecule has 9 amide bonds. The van der Waals surface area contributed by atoms with E-state index in [1.54, 1.807) is 0 Å². The second-order valence-electron chi connectivity index (χ2n) is 15.4. The first-order valence-electron chi connectivity index (χ1n) is 23.0. The van der Waals surface area contributed by atoms with E-state index in [0.29, 0.717) is 0 Å². The summed E-state index contributed by atoms with van der Waals surface area (Å²) in [5, 5.41) is 46.9. The van der Waals surface area contributed by atoms with E-state index < -0.39 is 91.1 Å². The Bertz CT molecular complexity index is 2140. The van der Waals surface area contributed by atoms with Gasteiger partial charge >= 0.3 is 17.9 Å². The van der Waals surface area contributed by atoms with Gasteiger partial charge in [-0.2, -0.15) is 0 Å². The molecule has 81 heavy (non-hydrogen) atoms. The van der Waals surface area contributed by atoms with E-state index in [0.717, 1.165) is 16.7 Å².